The van der Waals surface area contributed by atoms with Crippen LogP contribution in [0.3, 0.4) is 0 Å². The number of non-ortho nitro benzene ring substituents is 1. The van der Waals surface area contributed by atoms with Crippen LogP contribution in [-0.2, 0) is 9.59 Å². The Kier molecular flexibility index (Phi) is 7.77. The highest BCUT2D eigenvalue weighted by Crippen LogP contribution is 2.26. The van der Waals surface area contributed by atoms with Crippen molar-refractivity contribution in [2.45, 2.75) is 17.1 Å². The Balaban J connectivity index is 1.50. The lowest BCUT2D eigenvalue weighted by molar-refractivity contribution is -0.384. The van der Waals surface area contributed by atoms with Crippen LogP contribution in [-0.4, -0.2) is 22.0 Å². The van der Waals surface area contributed by atoms with Gasteiger partial charge in [-0.3, -0.25) is 19.7 Å². The molecule has 32 heavy (non-hydrogen) atoms. The van der Waals surface area contributed by atoms with Crippen LogP contribution in [0.5, 0.6) is 0 Å². The van der Waals surface area contributed by atoms with Crippen molar-refractivity contribution in [3.8, 4) is 0 Å². The van der Waals surface area contributed by atoms with Crippen molar-refractivity contribution in [1.82, 2.24) is 0 Å². The number of hydrogen-bond donors (Lipinski definition) is 2. The van der Waals surface area contributed by atoms with Gasteiger partial charge in [0.1, 0.15) is 0 Å². The van der Waals surface area contributed by atoms with E-state index in [-0.39, 0.29) is 22.8 Å². The van der Waals surface area contributed by atoms with Gasteiger partial charge in [-0.2, -0.15) is 0 Å². The molecule has 3 aromatic carbocycles. The molecule has 0 heterocycles. The first-order valence-corrected chi connectivity index (χ1v) is 10.6. The van der Waals surface area contributed by atoms with Gasteiger partial charge in [0.15, 0.2) is 0 Å². The number of thioether (sulfide) groups is 1. The summed E-state index contributed by atoms with van der Waals surface area (Å²) in [6.07, 6.45) is 3.22. The molecule has 3 aromatic rings. The molecule has 2 N–H and O–H groups in total. The minimum absolute atomic E-state index is 0.0341. The monoisotopic (exact) mass is 447 g/mol. The van der Waals surface area contributed by atoms with Crippen LogP contribution in [0.2, 0.25) is 0 Å². The standard InChI is InChI=1S/C24H21N3O4S/c1-17(24(29)26-20-8-12-21(13-9-20)27(30)31)32-22-14-10-19(11-15-22)25-23(28)16-7-18-5-3-2-4-6-18/h2-17H,1H3,(H,25,28)(H,26,29)/b16-7+. The first kappa shape index (κ1) is 22.8. The Hall–Kier alpha value is -3.91. The molecule has 0 aliphatic rings. The van der Waals surface area contributed by atoms with E-state index in [4.69, 9.17) is 0 Å². The maximum Gasteiger partial charge on any atom is 0.269 e. The lowest BCUT2D eigenvalue weighted by Gasteiger charge is -2.12. The van der Waals surface area contributed by atoms with E-state index in [1.54, 1.807) is 25.1 Å². The minimum Gasteiger partial charge on any atom is -0.325 e. The summed E-state index contributed by atoms with van der Waals surface area (Å²) in [5.41, 5.74) is 2.05. The molecule has 8 heteroatoms. The number of nitro groups is 1. The molecular weight excluding hydrogens is 426 g/mol. The Morgan fingerprint density at radius 2 is 1.50 bits per heavy atom. The van der Waals surface area contributed by atoms with Crippen LogP contribution in [0.1, 0.15) is 12.5 Å². The number of rotatable bonds is 8. The zero-order chi connectivity index (χ0) is 22.9. The Bertz CT molecular complexity index is 1110. The highest BCUT2D eigenvalue weighted by Gasteiger charge is 2.15. The maximum atomic E-state index is 12.4. The van der Waals surface area contributed by atoms with E-state index in [0.29, 0.717) is 11.4 Å². The van der Waals surface area contributed by atoms with E-state index in [2.05, 4.69) is 10.6 Å². The Labute approximate surface area is 189 Å². The van der Waals surface area contributed by atoms with Crippen LogP contribution in [0.4, 0.5) is 17.1 Å². The molecule has 0 saturated carbocycles. The summed E-state index contributed by atoms with van der Waals surface area (Å²) in [5, 5.41) is 15.9. The number of nitro benzene ring substituents is 1. The van der Waals surface area contributed by atoms with Gasteiger partial charge in [0.25, 0.3) is 5.69 Å². The smallest absolute Gasteiger partial charge is 0.269 e. The number of amides is 2. The molecule has 162 valence electrons. The number of carbonyl (C=O) groups excluding carboxylic acids is 2. The number of nitrogens with zero attached hydrogens (tertiary/aromatic N) is 1. The highest BCUT2D eigenvalue weighted by atomic mass is 32.2. The summed E-state index contributed by atoms with van der Waals surface area (Å²) < 4.78 is 0. The summed E-state index contributed by atoms with van der Waals surface area (Å²) in [4.78, 5) is 35.6. The summed E-state index contributed by atoms with van der Waals surface area (Å²) in [7, 11) is 0. The molecule has 0 fully saturated rings. The molecule has 3 rings (SSSR count). The molecule has 0 saturated heterocycles. The van der Waals surface area contributed by atoms with Crippen LogP contribution >= 0.6 is 11.8 Å². The van der Waals surface area contributed by atoms with Crippen molar-refractivity contribution in [2.24, 2.45) is 0 Å². The van der Waals surface area contributed by atoms with Crippen molar-refractivity contribution in [2.75, 3.05) is 10.6 Å². The molecule has 0 radical (unpaired) electrons. The second-order valence-corrected chi connectivity index (χ2v) is 8.23. The van der Waals surface area contributed by atoms with Crippen LogP contribution in [0, 0.1) is 10.1 Å². The summed E-state index contributed by atoms with van der Waals surface area (Å²) >= 11 is 1.37. The number of nitrogens with one attached hydrogen (secondary N) is 2. The third kappa shape index (κ3) is 6.82. The van der Waals surface area contributed by atoms with Crippen LogP contribution in [0.15, 0.2) is 89.8 Å². The first-order chi connectivity index (χ1) is 15.4. The lowest BCUT2D eigenvalue weighted by Crippen LogP contribution is -2.22. The molecular formula is C24H21N3O4S. The fraction of sp³-hybridized carbons (Fsp3) is 0.0833. The fourth-order valence-electron chi connectivity index (χ4n) is 2.70. The number of anilines is 2. The van der Waals surface area contributed by atoms with Gasteiger partial charge in [-0.1, -0.05) is 30.3 Å². The zero-order valence-corrected chi connectivity index (χ0v) is 18.0. The molecule has 1 atom stereocenters. The fourth-order valence-corrected chi connectivity index (χ4v) is 3.57. The van der Waals surface area contributed by atoms with E-state index >= 15 is 0 Å². The summed E-state index contributed by atoms with van der Waals surface area (Å²) in [6.45, 7) is 1.77. The molecule has 1 unspecified atom stereocenters. The third-order valence-electron chi connectivity index (χ3n) is 4.38. The van der Waals surface area contributed by atoms with Crippen molar-refractivity contribution in [3.63, 3.8) is 0 Å². The first-order valence-electron chi connectivity index (χ1n) is 9.77. The molecule has 2 amide bonds. The topological polar surface area (TPSA) is 101 Å². The lowest BCUT2D eigenvalue weighted by atomic mass is 10.2. The Morgan fingerprint density at radius 1 is 0.906 bits per heavy atom. The Morgan fingerprint density at radius 3 is 2.12 bits per heavy atom. The maximum absolute atomic E-state index is 12.4. The SMILES string of the molecule is CC(Sc1ccc(NC(=O)/C=C/c2ccccc2)cc1)C(=O)Nc1ccc([N+](=O)[O-])cc1. The molecule has 0 bridgehead atoms. The van der Waals surface area contributed by atoms with Gasteiger partial charge in [0.2, 0.25) is 11.8 Å². The number of carbonyl (C=O) groups is 2. The number of hydrogen-bond acceptors (Lipinski definition) is 5. The van der Waals surface area contributed by atoms with Crippen molar-refractivity contribution >= 4 is 46.7 Å². The van der Waals surface area contributed by atoms with Crippen LogP contribution in [0.25, 0.3) is 6.08 Å². The molecule has 0 spiro atoms. The van der Waals surface area contributed by atoms with Gasteiger partial charge in [0, 0.05) is 34.5 Å². The van der Waals surface area contributed by atoms with Crippen LogP contribution < -0.4 is 10.6 Å². The third-order valence-corrected chi connectivity index (χ3v) is 5.49. The molecule has 7 nitrogen and oxygen atoms in total. The predicted octanol–water partition coefficient (Wildman–Crippen LogP) is 5.37. The van der Waals surface area contributed by atoms with Crippen molar-refractivity contribution in [3.05, 3.63) is 101 Å². The largest absolute Gasteiger partial charge is 0.325 e. The minimum atomic E-state index is -0.490. The van der Waals surface area contributed by atoms with E-state index in [9.17, 15) is 19.7 Å². The second kappa shape index (κ2) is 10.9. The van der Waals surface area contributed by atoms with E-state index in [1.165, 1.54) is 42.1 Å². The molecule has 0 aromatic heterocycles. The second-order valence-electron chi connectivity index (χ2n) is 6.81. The summed E-state index contributed by atoms with van der Waals surface area (Å²) in [5.74, 6) is -0.447. The average Bonchev–Trinajstić information content (AvgIpc) is 2.80. The summed E-state index contributed by atoms with van der Waals surface area (Å²) in [6, 6.07) is 22.4. The normalized spacial score (nSPS) is 11.7. The van der Waals surface area contributed by atoms with Crippen molar-refractivity contribution in [1.29, 1.82) is 0 Å². The van der Waals surface area contributed by atoms with Gasteiger partial charge >= 0.3 is 0 Å². The molecule has 0 aliphatic carbocycles. The van der Waals surface area contributed by atoms with Gasteiger partial charge in [0.05, 0.1) is 10.2 Å². The van der Waals surface area contributed by atoms with Gasteiger partial charge in [-0.05, 0) is 55.0 Å². The molecule has 0 aliphatic heterocycles. The van der Waals surface area contributed by atoms with Gasteiger partial charge < -0.3 is 10.6 Å². The zero-order valence-electron chi connectivity index (χ0n) is 17.2. The highest BCUT2D eigenvalue weighted by molar-refractivity contribution is 8.00. The average molecular weight is 448 g/mol. The van der Waals surface area contributed by atoms with Crippen molar-refractivity contribution < 1.29 is 14.5 Å². The van der Waals surface area contributed by atoms with Gasteiger partial charge in [-0.25, -0.2) is 0 Å². The van der Waals surface area contributed by atoms with E-state index in [1.807, 2.05) is 42.5 Å². The predicted molar refractivity (Wildman–Crippen MR) is 128 cm³/mol. The quantitative estimate of drug-likeness (QED) is 0.209. The van der Waals surface area contributed by atoms with E-state index < -0.39 is 4.92 Å². The van der Waals surface area contributed by atoms with E-state index in [0.717, 1.165) is 10.5 Å². The number of benzene rings is 3. The van der Waals surface area contributed by atoms with Gasteiger partial charge in [-0.15, -0.1) is 11.8 Å².